The number of fused-ring (bicyclic) bond motifs is 1. The molecule has 0 aliphatic heterocycles. The van der Waals surface area contributed by atoms with E-state index in [1.165, 1.54) is 0 Å². The first-order valence-electron chi connectivity index (χ1n) is 11.5. The molecule has 6 heteroatoms. The molecule has 36 heavy (non-hydrogen) atoms. The fourth-order valence-electron chi connectivity index (χ4n) is 4.02. The largest absolute Gasteiger partial charge is 0.493 e. The van der Waals surface area contributed by atoms with Crippen LogP contribution in [0.15, 0.2) is 106 Å². The second-order valence-corrected chi connectivity index (χ2v) is 8.06. The lowest BCUT2D eigenvalue weighted by Gasteiger charge is -2.14. The standard InChI is InChI=1S/C30H26N2O4/c1-33-28-17-20(18-29(34-2)30(28)35-3)27-19-25(24-11-7-8-12-26(24)36-27)32-23-15-13-22(14-16-23)31-21-9-5-4-6-10-21/h4-19,31H,1-3H3. The molecule has 0 fully saturated rings. The second kappa shape index (κ2) is 10.3. The van der Waals surface area contributed by atoms with Gasteiger partial charge in [-0.05, 0) is 60.7 Å². The van der Waals surface area contributed by atoms with Gasteiger partial charge in [-0.3, -0.25) is 0 Å². The normalized spacial score (nSPS) is 11.4. The zero-order valence-corrected chi connectivity index (χ0v) is 20.3. The lowest BCUT2D eigenvalue weighted by atomic mass is 10.1. The number of anilines is 2. The van der Waals surface area contributed by atoms with Crippen LogP contribution in [0.3, 0.4) is 0 Å². The third-order valence-corrected chi connectivity index (χ3v) is 5.78. The maximum atomic E-state index is 6.26. The van der Waals surface area contributed by atoms with Crippen molar-refractivity contribution in [2.75, 3.05) is 26.6 Å². The van der Waals surface area contributed by atoms with Crippen molar-refractivity contribution in [3.8, 4) is 28.6 Å². The van der Waals surface area contributed by atoms with Crippen LogP contribution in [0.5, 0.6) is 17.2 Å². The zero-order chi connectivity index (χ0) is 24.9. The third-order valence-electron chi connectivity index (χ3n) is 5.78. The Bertz CT molecular complexity index is 1530. The average molecular weight is 479 g/mol. The van der Waals surface area contributed by atoms with Crippen molar-refractivity contribution in [1.82, 2.24) is 0 Å². The summed E-state index contributed by atoms with van der Waals surface area (Å²) in [4.78, 5) is 4.95. The van der Waals surface area contributed by atoms with E-state index >= 15 is 0 Å². The molecule has 6 nitrogen and oxygen atoms in total. The molecule has 0 amide bonds. The Labute approximate surface area is 209 Å². The molecular weight excluding hydrogens is 452 g/mol. The van der Waals surface area contributed by atoms with Gasteiger partial charge in [-0.15, -0.1) is 0 Å². The summed E-state index contributed by atoms with van der Waals surface area (Å²) in [5.41, 5.74) is 4.37. The summed E-state index contributed by atoms with van der Waals surface area (Å²) in [7, 11) is 4.77. The van der Waals surface area contributed by atoms with E-state index in [2.05, 4.69) is 5.32 Å². The Hall–Kier alpha value is -4.71. The predicted molar refractivity (Wildman–Crippen MR) is 143 cm³/mol. The summed E-state index contributed by atoms with van der Waals surface area (Å²) in [5.74, 6) is 2.26. The first-order chi connectivity index (χ1) is 17.7. The Morgan fingerprint density at radius 1 is 0.667 bits per heavy atom. The van der Waals surface area contributed by atoms with Crippen molar-refractivity contribution in [2.24, 2.45) is 4.99 Å². The van der Waals surface area contributed by atoms with Gasteiger partial charge in [0.15, 0.2) is 11.5 Å². The van der Waals surface area contributed by atoms with Gasteiger partial charge in [-0.25, -0.2) is 4.99 Å². The van der Waals surface area contributed by atoms with Crippen LogP contribution in [0.1, 0.15) is 0 Å². The molecule has 4 aromatic carbocycles. The van der Waals surface area contributed by atoms with Crippen molar-refractivity contribution in [1.29, 1.82) is 0 Å². The van der Waals surface area contributed by atoms with E-state index in [1.807, 2.05) is 97.1 Å². The molecule has 0 atom stereocenters. The highest BCUT2D eigenvalue weighted by atomic mass is 16.5. The number of rotatable bonds is 7. The molecule has 5 aromatic rings. The van der Waals surface area contributed by atoms with Gasteiger partial charge < -0.3 is 23.9 Å². The summed E-state index contributed by atoms with van der Waals surface area (Å²) in [5, 5.41) is 5.11. The van der Waals surface area contributed by atoms with E-state index in [9.17, 15) is 0 Å². The quantitative estimate of drug-likeness (QED) is 0.270. The number of nitrogens with zero attached hydrogens (tertiary/aromatic N) is 1. The van der Waals surface area contributed by atoms with Crippen LogP contribution in [0, 0.1) is 0 Å². The van der Waals surface area contributed by atoms with Gasteiger partial charge in [0.1, 0.15) is 11.3 Å². The number of benzene rings is 4. The Balaban J connectivity index is 1.58. The maximum Gasteiger partial charge on any atom is 0.203 e. The topological polar surface area (TPSA) is 65.2 Å². The minimum atomic E-state index is 0.527. The van der Waals surface area contributed by atoms with Crippen LogP contribution in [-0.2, 0) is 0 Å². The third kappa shape index (κ3) is 4.74. The van der Waals surface area contributed by atoms with Gasteiger partial charge in [0, 0.05) is 28.4 Å². The van der Waals surface area contributed by atoms with Crippen LogP contribution in [0.25, 0.3) is 22.3 Å². The van der Waals surface area contributed by atoms with E-state index in [1.54, 1.807) is 21.3 Å². The Morgan fingerprint density at radius 3 is 1.97 bits per heavy atom. The highest BCUT2D eigenvalue weighted by Crippen LogP contribution is 2.41. The minimum Gasteiger partial charge on any atom is -0.493 e. The lowest BCUT2D eigenvalue weighted by molar-refractivity contribution is 0.324. The fraction of sp³-hybridized carbons (Fsp3) is 0.100. The molecule has 0 aliphatic carbocycles. The first-order valence-corrected chi connectivity index (χ1v) is 11.5. The van der Waals surface area contributed by atoms with Crippen LogP contribution >= 0.6 is 0 Å². The fourth-order valence-corrected chi connectivity index (χ4v) is 4.02. The number of ether oxygens (including phenoxy) is 3. The van der Waals surface area contributed by atoms with Crippen LogP contribution in [-0.4, -0.2) is 21.3 Å². The van der Waals surface area contributed by atoms with Gasteiger partial charge in [0.2, 0.25) is 5.75 Å². The van der Waals surface area contributed by atoms with Crippen molar-refractivity contribution in [2.45, 2.75) is 0 Å². The van der Waals surface area contributed by atoms with E-state index in [4.69, 9.17) is 23.6 Å². The molecule has 0 spiro atoms. The van der Waals surface area contributed by atoms with Gasteiger partial charge in [-0.2, -0.15) is 0 Å². The summed E-state index contributed by atoms with van der Waals surface area (Å²) >= 11 is 0. The van der Waals surface area contributed by atoms with Crippen LogP contribution < -0.4 is 24.9 Å². The molecule has 180 valence electrons. The minimum absolute atomic E-state index is 0.527. The number of methoxy groups -OCH3 is 3. The molecule has 1 aromatic heterocycles. The van der Waals surface area contributed by atoms with Crippen molar-refractivity contribution in [3.63, 3.8) is 0 Å². The van der Waals surface area contributed by atoms with E-state index in [0.717, 1.165) is 39.0 Å². The first kappa shape index (κ1) is 23.1. The average Bonchev–Trinajstić information content (AvgIpc) is 2.93. The van der Waals surface area contributed by atoms with Crippen molar-refractivity contribution >= 4 is 28.0 Å². The SMILES string of the molecule is COc1cc(-c2cc(=Nc3ccc(Nc4ccccc4)cc3)c3ccccc3o2)cc(OC)c1OC. The molecule has 5 rings (SSSR count). The molecule has 0 bridgehead atoms. The number of hydrogen-bond acceptors (Lipinski definition) is 6. The van der Waals surface area contributed by atoms with Crippen LogP contribution in [0.2, 0.25) is 0 Å². The van der Waals surface area contributed by atoms with Crippen molar-refractivity contribution in [3.05, 3.63) is 102 Å². The molecule has 0 saturated carbocycles. The smallest absolute Gasteiger partial charge is 0.203 e. The second-order valence-electron chi connectivity index (χ2n) is 8.06. The molecular formula is C30H26N2O4. The summed E-state index contributed by atoms with van der Waals surface area (Å²) in [6.45, 7) is 0. The van der Waals surface area contributed by atoms with Gasteiger partial charge in [0.25, 0.3) is 0 Å². The van der Waals surface area contributed by atoms with Gasteiger partial charge >= 0.3 is 0 Å². The number of para-hydroxylation sites is 2. The summed E-state index contributed by atoms with van der Waals surface area (Å²) in [6, 6.07) is 31.6. The lowest BCUT2D eigenvalue weighted by Crippen LogP contribution is -2.03. The van der Waals surface area contributed by atoms with E-state index in [0.29, 0.717) is 23.0 Å². The maximum absolute atomic E-state index is 6.26. The number of hydrogen-bond donors (Lipinski definition) is 1. The highest BCUT2D eigenvalue weighted by molar-refractivity contribution is 5.79. The Kier molecular flexibility index (Phi) is 6.58. The van der Waals surface area contributed by atoms with E-state index < -0.39 is 0 Å². The predicted octanol–water partition coefficient (Wildman–Crippen LogP) is 7.10. The van der Waals surface area contributed by atoms with Crippen molar-refractivity contribution < 1.29 is 18.6 Å². The highest BCUT2D eigenvalue weighted by Gasteiger charge is 2.16. The molecule has 0 radical (unpaired) electrons. The number of nitrogens with one attached hydrogen (secondary N) is 1. The summed E-state index contributed by atoms with van der Waals surface area (Å²) in [6.07, 6.45) is 0. The molecule has 1 N–H and O–H groups in total. The monoisotopic (exact) mass is 478 g/mol. The zero-order valence-electron chi connectivity index (χ0n) is 20.3. The molecule has 0 saturated heterocycles. The molecule has 1 heterocycles. The van der Waals surface area contributed by atoms with Gasteiger partial charge in [-0.1, -0.05) is 30.3 Å². The van der Waals surface area contributed by atoms with Crippen LogP contribution in [0.4, 0.5) is 17.1 Å². The summed E-state index contributed by atoms with van der Waals surface area (Å²) < 4.78 is 22.8. The van der Waals surface area contributed by atoms with E-state index in [-0.39, 0.29) is 0 Å². The Morgan fingerprint density at radius 2 is 1.31 bits per heavy atom. The van der Waals surface area contributed by atoms with Gasteiger partial charge in [0.05, 0.1) is 32.4 Å². The molecule has 0 unspecified atom stereocenters. The molecule has 0 aliphatic rings.